The fourth-order valence-corrected chi connectivity index (χ4v) is 3.98. The van der Waals surface area contributed by atoms with Crippen molar-refractivity contribution in [2.75, 3.05) is 14.2 Å². The Morgan fingerprint density at radius 2 is 1.76 bits per heavy atom. The van der Waals surface area contributed by atoms with Gasteiger partial charge in [0.2, 0.25) is 10.0 Å². The Bertz CT molecular complexity index is 974. The average Bonchev–Trinajstić information content (AvgIpc) is 2.99. The molecule has 0 atom stereocenters. The van der Waals surface area contributed by atoms with Crippen molar-refractivity contribution >= 4 is 21.0 Å². The van der Waals surface area contributed by atoms with E-state index in [0.717, 1.165) is 22.3 Å². The SMILES string of the molecule is CCc1oc2ccccc2c1CN(C)S(=O)(=O)c1ccc(OC)cc1. The van der Waals surface area contributed by atoms with E-state index in [2.05, 4.69) is 0 Å². The van der Waals surface area contributed by atoms with Crippen LogP contribution < -0.4 is 4.74 Å². The molecule has 2 aromatic carbocycles. The van der Waals surface area contributed by atoms with Gasteiger partial charge in [0.15, 0.2) is 0 Å². The van der Waals surface area contributed by atoms with Crippen LogP contribution in [0.1, 0.15) is 18.2 Å². The number of nitrogens with zero attached hydrogens (tertiary/aromatic N) is 1. The zero-order valence-electron chi connectivity index (χ0n) is 14.5. The van der Waals surface area contributed by atoms with Crippen LogP contribution in [0.25, 0.3) is 11.0 Å². The van der Waals surface area contributed by atoms with Gasteiger partial charge in [-0.15, -0.1) is 0 Å². The van der Waals surface area contributed by atoms with Crippen LogP contribution in [0.4, 0.5) is 0 Å². The van der Waals surface area contributed by atoms with E-state index in [1.165, 1.54) is 4.31 Å². The highest BCUT2D eigenvalue weighted by atomic mass is 32.2. The highest BCUT2D eigenvalue weighted by Gasteiger charge is 2.24. The van der Waals surface area contributed by atoms with E-state index in [9.17, 15) is 8.42 Å². The molecule has 1 aromatic heterocycles. The third kappa shape index (κ3) is 3.27. The summed E-state index contributed by atoms with van der Waals surface area (Å²) in [5.41, 5.74) is 1.70. The Labute approximate surface area is 147 Å². The second-order valence-electron chi connectivity index (χ2n) is 5.79. The quantitative estimate of drug-likeness (QED) is 0.671. The molecule has 0 aliphatic heterocycles. The second kappa shape index (κ2) is 6.90. The van der Waals surface area contributed by atoms with E-state index in [0.29, 0.717) is 12.2 Å². The Kier molecular flexibility index (Phi) is 4.83. The summed E-state index contributed by atoms with van der Waals surface area (Å²) in [6.07, 6.45) is 0.709. The van der Waals surface area contributed by atoms with Gasteiger partial charge in [0.25, 0.3) is 0 Å². The number of hydrogen-bond acceptors (Lipinski definition) is 4. The maximum absolute atomic E-state index is 12.8. The van der Waals surface area contributed by atoms with Crippen LogP contribution in [0.3, 0.4) is 0 Å². The van der Waals surface area contributed by atoms with Crippen LogP contribution in [0.15, 0.2) is 57.8 Å². The van der Waals surface area contributed by atoms with Gasteiger partial charge in [0.1, 0.15) is 17.1 Å². The Morgan fingerprint density at radius 1 is 1.08 bits per heavy atom. The third-order valence-corrected chi connectivity index (χ3v) is 6.07. The first kappa shape index (κ1) is 17.5. The predicted octanol–water partition coefficient (Wildman–Crippen LogP) is 3.82. The largest absolute Gasteiger partial charge is 0.497 e. The molecule has 0 unspecified atom stereocenters. The molecule has 5 nitrogen and oxygen atoms in total. The van der Waals surface area contributed by atoms with Gasteiger partial charge in [-0.3, -0.25) is 0 Å². The number of furan rings is 1. The van der Waals surface area contributed by atoms with Crippen molar-refractivity contribution in [2.45, 2.75) is 24.8 Å². The maximum atomic E-state index is 12.8. The molecule has 6 heteroatoms. The van der Waals surface area contributed by atoms with E-state index in [1.54, 1.807) is 38.4 Å². The fourth-order valence-electron chi connectivity index (χ4n) is 2.84. The number of sulfonamides is 1. The molecule has 3 aromatic rings. The van der Waals surface area contributed by atoms with Gasteiger partial charge in [-0.2, -0.15) is 4.31 Å². The molecule has 0 aliphatic carbocycles. The number of aryl methyl sites for hydroxylation is 1. The monoisotopic (exact) mass is 359 g/mol. The lowest BCUT2D eigenvalue weighted by molar-refractivity contribution is 0.414. The first-order chi connectivity index (χ1) is 12.0. The van der Waals surface area contributed by atoms with Crippen molar-refractivity contribution in [1.29, 1.82) is 0 Å². The molecule has 132 valence electrons. The summed E-state index contributed by atoms with van der Waals surface area (Å²) in [5, 5.41) is 0.955. The van der Waals surface area contributed by atoms with Crippen molar-refractivity contribution in [2.24, 2.45) is 0 Å². The molecule has 0 saturated carbocycles. The van der Waals surface area contributed by atoms with Crippen molar-refractivity contribution in [3.8, 4) is 5.75 Å². The van der Waals surface area contributed by atoms with E-state index >= 15 is 0 Å². The van der Waals surface area contributed by atoms with Crippen LogP contribution in [-0.2, 0) is 23.0 Å². The second-order valence-corrected chi connectivity index (χ2v) is 7.83. The summed E-state index contributed by atoms with van der Waals surface area (Å²) in [6, 6.07) is 14.1. The Hall–Kier alpha value is -2.31. The summed E-state index contributed by atoms with van der Waals surface area (Å²) < 4.78 is 38.0. The average molecular weight is 359 g/mol. The van der Waals surface area contributed by atoms with Crippen LogP contribution in [0.2, 0.25) is 0 Å². The molecule has 0 bridgehead atoms. The molecule has 25 heavy (non-hydrogen) atoms. The van der Waals surface area contributed by atoms with Crippen molar-refractivity contribution in [1.82, 2.24) is 4.31 Å². The van der Waals surface area contributed by atoms with Gasteiger partial charge in [-0.05, 0) is 30.3 Å². The highest BCUT2D eigenvalue weighted by molar-refractivity contribution is 7.89. The number of para-hydroxylation sites is 1. The van der Waals surface area contributed by atoms with Gasteiger partial charge < -0.3 is 9.15 Å². The zero-order valence-corrected chi connectivity index (χ0v) is 15.3. The molecule has 0 spiro atoms. The first-order valence-electron chi connectivity index (χ1n) is 8.07. The van der Waals surface area contributed by atoms with E-state index in [1.807, 2.05) is 31.2 Å². The van der Waals surface area contributed by atoms with Crippen LogP contribution in [0.5, 0.6) is 5.75 Å². The van der Waals surface area contributed by atoms with Crippen LogP contribution >= 0.6 is 0 Å². The molecule has 0 amide bonds. The van der Waals surface area contributed by atoms with E-state index in [4.69, 9.17) is 9.15 Å². The fraction of sp³-hybridized carbons (Fsp3) is 0.263. The van der Waals surface area contributed by atoms with Crippen molar-refractivity contribution in [3.05, 3.63) is 59.9 Å². The highest BCUT2D eigenvalue weighted by Crippen LogP contribution is 2.29. The molecule has 0 aliphatic rings. The molecule has 0 N–H and O–H groups in total. The number of fused-ring (bicyclic) bond motifs is 1. The lowest BCUT2D eigenvalue weighted by atomic mass is 10.1. The summed E-state index contributed by atoms with van der Waals surface area (Å²) in [5.74, 6) is 1.44. The molecular formula is C19H21NO4S. The molecular weight excluding hydrogens is 338 g/mol. The number of hydrogen-bond donors (Lipinski definition) is 0. The maximum Gasteiger partial charge on any atom is 0.243 e. The summed E-state index contributed by atoms with van der Waals surface area (Å²) in [7, 11) is -0.466. The van der Waals surface area contributed by atoms with Gasteiger partial charge >= 0.3 is 0 Å². The Morgan fingerprint density at radius 3 is 2.40 bits per heavy atom. The van der Waals surface area contributed by atoms with Crippen molar-refractivity contribution < 1.29 is 17.6 Å². The topological polar surface area (TPSA) is 59.8 Å². The lowest BCUT2D eigenvalue weighted by Gasteiger charge is -2.17. The van der Waals surface area contributed by atoms with Crippen LogP contribution in [0, 0.1) is 0 Å². The molecule has 0 fully saturated rings. The van der Waals surface area contributed by atoms with Gasteiger partial charge in [-0.1, -0.05) is 25.1 Å². The first-order valence-corrected chi connectivity index (χ1v) is 9.51. The lowest BCUT2D eigenvalue weighted by Crippen LogP contribution is -2.26. The summed E-state index contributed by atoms with van der Waals surface area (Å²) >= 11 is 0. The standard InChI is InChI=1S/C19H21NO4S/c1-4-18-17(16-7-5-6-8-19(16)24-18)13-20(2)25(21,22)15-11-9-14(23-3)10-12-15/h5-12H,4,13H2,1-3H3. The summed E-state index contributed by atoms with van der Waals surface area (Å²) in [4.78, 5) is 0.238. The normalized spacial score (nSPS) is 12.0. The summed E-state index contributed by atoms with van der Waals surface area (Å²) in [6.45, 7) is 2.26. The smallest absolute Gasteiger partial charge is 0.243 e. The minimum Gasteiger partial charge on any atom is -0.497 e. The third-order valence-electron chi connectivity index (χ3n) is 4.25. The van der Waals surface area contributed by atoms with E-state index < -0.39 is 10.0 Å². The zero-order chi connectivity index (χ0) is 18.0. The number of rotatable bonds is 6. The molecule has 3 rings (SSSR count). The number of benzene rings is 2. The predicted molar refractivity (Wildman–Crippen MR) is 97.2 cm³/mol. The molecule has 0 saturated heterocycles. The van der Waals surface area contributed by atoms with Gasteiger partial charge in [-0.25, -0.2) is 8.42 Å². The van der Waals surface area contributed by atoms with Gasteiger partial charge in [0.05, 0.1) is 12.0 Å². The van der Waals surface area contributed by atoms with Crippen LogP contribution in [-0.4, -0.2) is 26.9 Å². The molecule has 0 radical (unpaired) electrons. The van der Waals surface area contributed by atoms with Gasteiger partial charge in [0, 0.05) is 31.0 Å². The minimum absolute atomic E-state index is 0.238. The van der Waals surface area contributed by atoms with E-state index in [-0.39, 0.29) is 11.4 Å². The number of methoxy groups -OCH3 is 1. The number of ether oxygens (including phenoxy) is 1. The Balaban J connectivity index is 1.94. The minimum atomic E-state index is -3.60. The van der Waals surface area contributed by atoms with Crippen molar-refractivity contribution in [3.63, 3.8) is 0 Å². The molecule has 1 heterocycles.